The normalized spacial score (nSPS) is 13.3. The summed E-state index contributed by atoms with van der Waals surface area (Å²) >= 11 is 0. The molecule has 0 heterocycles. The number of rotatable bonds is 45. The molecule has 0 rings (SSSR count). The summed E-state index contributed by atoms with van der Waals surface area (Å²) in [6, 6.07) is -0.617. The van der Waals surface area contributed by atoms with Crippen LogP contribution < -0.4 is 0 Å². The summed E-state index contributed by atoms with van der Waals surface area (Å²) in [4.78, 5) is 37.1. The summed E-state index contributed by atoms with van der Waals surface area (Å²) in [5.74, 6) is -1.47. The van der Waals surface area contributed by atoms with Gasteiger partial charge in [-0.3, -0.25) is 9.59 Å². The van der Waals surface area contributed by atoms with E-state index in [0.29, 0.717) is 19.3 Å². The van der Waals surface area contributed by atoms with Gasteiger partial charge in [-0.25, -0.2) is 4.79 Å². The average molecular weight is 859 g/mol. The highest BCUT2D eigenvalue weighted by atomic mass is 16.6. The zero-order valence-electron chi connectivity index (χ0n) is 40.4. The van der Waals surface area contributed by atoms with Crippen LogP contribution >= 0.6 is 0 Å². The zero-order valence-corrected chi connectivity index (χ0v) is 40.4. The minimum atomic E-state index is -0.876. The molecule has 0 bridgehead atoms. The van der Waals surface area contributed by atoms with Gasteiger partial charge in [0, 0.05) is 19.3 Å². The molecule has 0 fully saturated rings. The molecular weight excluding hydrogens is 763 g/mol. The van der Waals surface area contributed by atoms with Gasteiger partial charge in [0.1, 0.15) is 6.61 Å². The van der Waals surface area contributed by atoms with Gasteiger partial charge in [0.05, 0.1) is 34.4 Å². The van der Waals surface area contributed by atoms with E-state index in [1.54, 1.807) is 0 Å². The number of ether oxygens (including phenoxy) is 3. The van der Waals surface area contributed by atoms with Crippen LogP contribution in [0.25, 0.3) is 0 Å². The highest BCUT2D eigenvalue weighted by molar-refractivity contribution is 5.72. The van der Waals surface area contributed by atoms with Gasteiger partial charge < -0.3 is 23.8 Å². The van der Waals surface area contributed by atoms with Crippen LogP contribution in [0, 0.1) is 0 Å². The first-order chi connectivity index (χ1) is 29.6. The SMILES string of the molecule is CC/C=C/C/C=C/C/C=C/C/C=C/CCCCCCCCCC(=O)OC(COCCC(C(=O)O)[N+](C)(C)C)COC(=O)CCCCCCCCCCCCCCCCCCC. The molecule has 0 aromatic rings. The predicted molar refractivity (Wildman–Crippen MR) is 257 cm³/mol. The van der Waals surface area contributed by atoms with Crippen LogP contribution in [-0.4, -0.2) is 80.6 Å². The minimum absolute atomic E-state index is 0.0534. The van der Waals surface area contributed by atoms with Crippen LogP contribution in [0.1, 0.15) is 219 Å². The van der Waals surface area contributed by atoms with E-state index in [0.717, 1.165) is 70.6 Å². The quantitative estimate of drug-likeness (QED) is 0.0282. The number of unbranched alkanes of at least 4 members (excludes halogenated alkanes) is 23. The van der Waals surface area contributed by atoms with Crippen LogP contribution in [0.5, 0.6) is 0 Å². The van der Waals surface area contributed by atoms with Gasteiger partial charge in [-0.15, -0.1) is 0 Å². The number of aliphatic carboxylic acids is 1. The highest BCUT2D eigenvalue weighted by Gasteiger charge is 2.31. The number of carbonyl (C=O) groups excluding carboxylic acids is 2. The Balaban J connectivity index is 4.27. The fourth-order valence-corrected chi connectivity index (χ4v) is 7.38. The van der Waals surface area contributed by atoms with Crippen molar-refractivity contribution in [3.05, 3.63) is 48.6 Å². The molecule has 8 heteroatoms. The van der Waals surface area contributed by atoms with Crippen LogP contribution in [0.2, 0.25) is 0 Å². The van der Waals surface area contributed by atoms with Gasteiger partial charge in [-0.1, -0.05) is 197 Å². The van der Waals surface area contributed by atoms with Crippen molar-refractivity contribution in [2.45, 2.75) is 231 Å². The Bertz CT molecular complexity index is 1140. The lowest BCUT2D eigenvalue weighted by Crippen LogP contribution is -2.50. The predicted octanol–water partition coefficient (Wildman–Crippen LogP) is 14.4. The molecule has 0 spiro atoms. The molecule has 2 atom stereocenters. The third-order valence-corrected chi connectivity index (χ3v) is 11.2. The molecule has 2 unspecified atom stereocenters. The molecule has 354 valence electrons. The topological polar surface area (TPSA) is 99.1 Å². The zero-order chi connectivity index (χ0) is 44.9. The maximum atomic E-state index is 12.8. The Hall–Kier alpha value is -2.71. The van der Waals surface area contributed by atoms with Gasteiger partial charge in [0.25, 0.3) is 0 Å². The molecule has 0 aliphatic carbocycles. The van der Waals surface area contributed by atoms with Gasteiger partial charge in [-0.2, -0.15) is 0 Å². The molecule has 0 aromatic heterocycles. The van der Waals surface area contributed by atoms with E-state index in [1.165, 1.54) is 116 Å². The number of carbonyl (C=O) groups is 3. The Morgan fingerprint density at radius 1 is 0.508 bits per heavy atom. The van der Waals surface area contributed by atoms with Crippen LogP contribution in [0.3, 0.4) is 0 Å². The molecule has 0 amide bonds. The lowest BCUT2D eigenvalue weighted by Gasteiger charge is -2.31. The first-order valence-corrected chi connectivity index (χ1v) is 25.2. The lowest BCUT2D eigenvalue weighted by molar-refractivity contribution is -0.887. The number of likely N-dealkylation sites (N-methyl/N-ethyl adjacent to an activating group) is 1. The maximum Gasteiger partial charge on any atom is 0.362 e. The fourth-order valence-electron chi connectivity index (χ4n) is 7.38. The molecule has 0 aliphatic rings. The molecule has 61 heavy (non-hydrogen) atoms. The second-order valence-corrected chi connectivity index (χ2v) is 18.1. The highest BCUT2D eigenvalue weighted by Crippen LogP contribution is 2.16. The molecule has 1 N–H and O–H groups in total. The van der Waals surface area contributed by atoms with Gasteiger partial charge in [0.15, 0.2) is 12.1 Å². The molecular formula is C53H96NO7+. The van der Waals surface area contributed by atoms with Crippen molar-refractivity contribution < 1.29 is 38.2 Å². The molecule has 8 nitrogen and oxygen atoms in total. The second-order valence-electron chi connectivity index (χ2n) is 18.1. The Kier molecular flexibility index (Phi) is 42.0. The van der Waals surface area contributed by atoms with Crippen molar-refractivity contribution in [1.29, 1.82) is 0 Å². The Morgan fingerprint density at radius 3 is 1.36 bits per heavy atom. The van der Waals surface area contributed by atoms with Crippen LogP contribution in [0.4, 0.5) is 0 Å². The van der Waals surface area contributed by atoms with Crippen molar-refractivity contribution >= 4 is 17.9 Å². The lowest BCUT2D eigenvalue weighted by atomic mass is 10.0. The number of nitrogens with zero attached hydrogens (tertiary/aromatic N) is 1. The summed E-state index contributed by atoms with van der Waals surface area (Å²) in [6.45, 7) is 4.64. The average Bonchev–Trinajstić information content (AvgIpc) is 3.22. The van der Waals surface area contributed by atoms with Crippen molar-refractivity contribution in [3.8, 4) is 0 Å². The van der Waals surface area contributed by atoms with Gasteiger partial charge in [-0.05, 0) is 51.4 Å². The van der Waals surface area contributed by atoms with E-state index >= 15 is 0 Å². The third-order valence-electron chi connectivity index (χ3n) is 11.2. The van der Waals surface area contributed by atoms with Crippen molar-refractivity contribution in [1.82, 2.24) is 0 Å². The van der Waals surface area contributed by atoms with Crippen LogP contribution in [-0.2, 0) is 28.6 Å². The molecule has 0 radical (unpaired) electrons. The van der Waals surface area contributed by atoms with E-state index in [-0.39, 0.29) is 36.2 Å². The largest absolute Gasteiger partial charge is 0.477 e. The Morgan fingerprint density at radius 2 is 0.918 bits per heavy atom. The standard InChI is InChI=1S/C53H95NO7/c1-6-8-10-12-14-16-18-20-22-24-25-26-28-30-32-34-36-38-40-42-44-52(56)61-49(47-59-46-45-50(53(57)58)54(3,4)5)48-60-51(55)43-41-39-37-35-33-31-29-27-23-21-19-17-15-13-11-9-7-2/h8,10,14,16,20,22,25-26,49-50H,6-7,9,11-13,15,17-19,21,23-24,27-48H2,1-5H3/p+1/b10-8+,16-14+,22-20+,26-25+. The number of hydrogen-bond donors (Lipinski definition) is 1. The van der Waals surface area contributed by atoms with Crippen LogP contribution in [0.15, 0.2) is 48.6 Å². The number of esters is 2. The van der Waals surface area contributed by atoms with Gasteiger partial charge >= 0.3 is 17.9 Å². The number of hydrogen-bond acceptors (Lipinski definition) is 6. The molecule has 0 saturated carbocycles. The van der Waals surface area contributed by atoms with E-state index in [4.69, 9.17) is 14.2 Å². The number of allylic oxidation sites excluding steroid dienone is 8. The number of carboxylic acid groups (broad SMARTS) is 1. The minimum Gasteiger partial charge on any atom is -0.477 e. The van der Waals surface area contributed by atoms with E-state index in [9.17, 15) is 19.5 Å². The maximum absolute atomic E-state index is 12.8. The first kappa shape index (κ1) is 58.3. The third kappa shape index (κ3) is 42.4. The van der Waals surface area contributed by atoms with Crippen molar-refractivity contribution in [2.75, 3.05) is 41.0 Å². The Labute approximate surface area is 376 Å². The molecule has 0 aromatic carbocycles. The summed E-state index contributed by atoms with van der Waals surface area (Å²) in [5.41, 5.74) is 0. The monoisotopic (exact) mass is 859 g/mol. The van der Waals surface area contributed by atoms with Crippen molar-refractivity contribution in [2.24, 2.45) is 0 Å². The molecule has 0 aliphatic heterocycles. The molecule has 0 saturated heterocycles. The summed E-state index contributed by atoms with van der Waals surface area (Å²) < 4.78 is 17.3. The number of quaternary nitrogens is 1. The first-order valence-electron chi connectivity index (χ1n) is 25.2. The van der Waals surface area contributed by atoms with E-state index < -0.39 is 18.1 Å². The van der Waals surface area contributed by atoms with Gasteiger partial charge in [0.2, 0.25) is 0 Å². The van der Waals surface area contributed by atoms with Crippen molar-refractivity contribution in [3.63, 3.8) is 0 Å². The fraction of sp³-hybridized carbons (Fsp3) is 0.792. The van der Waals surface area contributed by atoms with E-state index in [1.807, 2.05) is 21.1 Å². The summed E-state index contributed by atoms with van der Waals surface area (Å²) in [6.07, 6.45) is 53.0. The van der Waals surface area contributed by atoms with E-state index in [2.05, 4.69) is 62.5 Å². The summed E-state index contributed by atoms with van der Waals surface area (Å²) in [7, 11) is 5.53. The number of carboxylic acids is 1. The summed E-state index contributed by atoms with van der Waals surface area (Å²) in [5, 5.41) is 9.65. The smallest absolute Gasteiger partial charge is 0.362 e. The second kappa shape index (κ2) is 43.9.